The van der Waals surface area contributed by atoms with Crippen molar-refractivity contribution in [3.63, 3.8) is 0 Å². The molecule has 1 aromatic heterocycles. The Hall–Kier alpha value is -1.61. The number of rotatable bonds is 4. The summed E-state index contributed by atoms with van der Waals surface area (Å²) in [4.78, 5) is 0. The second kappa shape index (κ2) is 5.15. The first kappa shape index (κ1) is 11.9. The highest BCUT2D eigenvalue weighted by atomic mass is 16.3. The standard InChI is InChI=1S/C14H18N2O/c1-3-5-11-6-4-7-12(10-11)14(17)13-8-9-15-16(13)2/h4,6-10,14,17H,3,5H2,1-2H3. The third-order valence-corrected chi connectivity index (χ3v) is 2.94. The van der Waals surface area contributed by atoms with E-state index in [0.717, 1.165) is 24.1 Å². The smallest absolute Gasteiger partial charge is 0.121 e. The summed E-state index contributed by atoms with van der Waals surface area (Å²) in [5.41, 5.74) is 3.02. The minimum atomic E-state index is -0.598. The Kier molecular flexibility index (Phi) is 3.59. The van der Waals surface area contributed by atoms with E-state index in [0.29, 0.717) is 0 Å². The molecule has 0 aliphatic carbocycles. The summed E-state index contributed by atoms with van der Waals surface area (Å²) in [7, 11) is 1.84. The Morgan fingerprint density at radius 2 is 2.18 bits per heavy atom. The van der Waals surface area contributed by atoms with Crippen molar-refractivity contribution in [2.24, 2.45) is 7.05 Å². The zero-order chi connectivity index (χ0) is 12.3. The Bertz CT molecular complexity index is 490. The fraction of sp³-hybridized carbons (Fsp3) is 0.357. The van der Waals surface area contributed by atoms with Gasteiger partial charge in [-0.3, -0.25) is 4.68 Å². The van der Waals surface area contributed by atoms with Crippen LogP contribution in [0, 0.1) is 0 Å². The average Bonchev–Trinajstić information content (AvgIpc) is 2.75. The van der Waals surface area contributed by atoms with Gasteiger partial charge in [0.25, 0.3) is 0 Å². The lowest BCUT2D eigenvalue weighted by Crippen LogP contribution is -2.06. The fourth-order valence-corrected chi connectivity index (χ4v) is 2.03. The molecule has 0 aliphatic heterocycles. The third-order valence-electron chi connectivity index (χ3n) is 2.94. The van der Waals surface area contributed by atoms with Crippen LogP contribution in [0.15, 0.2) is 36.5 Å². The summed E-state index contributed by atoms with van der Waals surface area (Å²) in [6, 6.07) is 9.97. The number of benzene rings is 1. The molecule has 2 rings (SSSR count). The van der Waals surface area contributed by atoms with Crippen LogP contribution < -0.4 is 0 Å². The van der Waals surface area contributed by atoms with E-state index in [4.69, 9.17) is 0 Å². The van der Waals surface area contributed by atoms with E-state index in [1.807, 2.05) is 25.2 Å². The molecule has 0 aliphatic rings. The Balaban J connectivity index is 2.28. The summed E-state index contributed by atoms with van der Waals surface area (Å²) in [6.07, 6.45) is 3.27. The van der Waals surface area contributed by atoms with Gasteiger partial charge in [-0.25, -0.2) is 0 Å². The molecule has 1 aromatic carbocycles. The molecule has 2 aromatic rings. The van der Waals surface area contributed by atoms with Crippen LogP contribution >= 0.6 is 0 Å². The lowest BCUT2D eigenvalue weighted by atomic mass is 10.0. The molecule has 1 heterocycles. The molecule has 0 saturated carbocycles. The minimum Gasteiger partial charge on any atom is -0.382 e. The number of hydrogen-bond acceptors (Lipinski definition) is 2. The van der Waals surface area contributed by atoms with Crippen molar-refractivity contribution in [2.45, 2.75) is 25.9 Å². The van der Waals surface area contributed by atoms with Crippen molar-refractivity contribution >= 4 is 0 Å². The molecular formula is C14H18N2O. The first-order chi connectivity index (χ1) is 8.22. The van der Waals surface area contributed by atoms with Crippen LogP contribution in [0.2, 0.25) is 0 Å². The van der Waals surface area contributed by atoms with Crippen molar-refractivity contribution in [1.82, 2.24) is 9.78 Å². The second-order valence-corrected chi connectivity index (χ2v) is 4.28. The normalized spacial score (nSPS) is 12.6. The van der Waals surface area contributed by atoms with Crippen molar-refractivity contribution in [3.8, 4) is 0 Å². The molecule has 90 valence electrons. The van der Waals surface area contributed by atoms with Crippen LogP contribution in [0.1, 0.15) is 36.3 Å². The molecule has 0 saturated heterocycles. The minimum absolute atomic E-state index is 0.598. The van der Waals surface area contributed by atoms with Gasteiger partial charge >= 0.3 is 0 Å². The molecule has 3 heteroatoms. The third kappa shape index (κ3) is 2.56. The number of aryl methyl sites for hydroxylation is 2. The lowest BCUT2D eigenvalue weighted by molar-refractivity contribution is 0.209. The van der Waals surface area contributed by atoms with Gasteiger partial charge in [-0.1, -0.05) is 37.6 Å². The zero-order valence-electron chi connectivity index (χ0n) is 10.3. The Morgan fingerprint density at radius 1 is 1.35 bits per heavy atom. The van der Waals surface area contributed by atoms with Crippen LogP contribution in [0.3, 0.4) is 0 Å². The van der Waals surface area contributed by atoms with Gasteiger partial charge in [0, 0.05) is 13.2 Å². The largest absolute Gasteiger partial charge is 0.382 e. The number of aliphatic hydroxyl groups excluding tert-OH is 1. The number of nitrogens with zero attached hydrogens (tertiary/aromatic N) is 2. The number of hydrogen-bond donors (Lipinski definition) is 1. The van der Waals surface area contributed by atoms with Gasteiger partial charge in [0.1, 0.15) is 6.10 Å². The molecule has 0 amide bonds. The quantitative estimate of drug-likeness (QED) is 0.876. The highest BCUT2D eigenvalue weighted by Crippen LogP contribution is 2.22. The second-order valence-electron chi connectivity index (χ2n) is 4.28. The Morgan fingerprint density at radius 3 is 2.82 bits per heavy atom. The number of aromatic nitrogens is 2. The zero-order valence-corrected chi connectivity index (χ0v) is 10.3. The van der Waals surface area contributed by atoms with Crippen molar-refractivity contribution in [2.75, 3.05) is 0 Å². The molecule has 0 bridgehead atoms. The van der Waals surface area contributed by atoms with Crippen molar-refractivity contribution in [3.05, 3.63) is 53.3 Å². The molecule has 0 spiro atoms. The van der Waals surface area contributed by atoms with E-state index < -0.39 is 6.10 Å². The Labute approximate surface area is 102 Å². The van der Waals surface area contributed by atoms with Gasteiger partial charge in [-0.15, -0.1) is 0 Å². The SMILES string of the molecule is CCCc1cccc(C(O)c2ccnn2C)c1. The highest BCUT2D eigenvalue weighted by molar-refractivity contribution is 5.29. The maximum atomic E-state index is 10.3. The summed E-state index contributed by atoms with van der Waals surface area (Å²) < 4.78 is 1.71. The van der Waals surface area contributed by atoms with E-state index in [2.05, 4.69) is 24.2 Å². The van der Waals surface area contributed by atoms with Crippen LogP contribution in [0.5, 0.6) is 0 Å². The maximum absolute atomic E-state index is 10.3. The molecule has 1 unspecified atom stereocenters. The molecule has 3 nitrogen and oxygen atoms in total. The monoisotopic (exact) mass is 230 g/mol. The topological polar surface area (TPSA) is 38.1 Å². The first-order valence-corrected chi connectivity index (χ1v) is 5.97. The average molecular weight is 230 g/mol. The lowest BCUT2D eigenvalue weighted by Gasteiger charge is -2.12. The van der Waals surface area contributed by atoms with Crippen LogP contribution in [-0.4, -0.2) is 14.9 Å². The summed E-state index contributed by atoms with van der Waals surface area (Å²) >= 11 is 0. The van der Waals surface area contributed by atoms with E-state index in [1.54, 1.807) is 10.9 Å². The van der Waals surface area contributed by atoms with E-state index in [9.17, 15) is 5.11 Å². The maximum Gasteiger partial charge on any atom is 0.121 e. The highest BCUT2D eigenvalue weighted by Gasteiger charge is 2.13. The molecule has 0 fully saturated rings. The number of aliphatic hydroxyl groups is 1. The van der Waals surface area contributed by atoms with E-state index >= 15 is 0 Å². The summed E-state index contributed by atoms with van der Waals surface area (Å²) in [5.74, 6) is 0. The van der Waals surface area contributed by atoms with E-state index in [1.165, 1.54) is 5.56 Å². The molecule has 17 heavy (non-hydrogen) atoms. The van der Waals surface area contributed by atoms with Crippen LogP contribution in [-0.2, 0) is 13.5 Å². The molecule has 0 radical (unpaired) electrons. The predicted octanol–water partition coefficient (Wildman–Crippen LogP) is 2.45. The molecule has 1 N–H and O–H groups in total. The van der Waals surface area contributed by atoms with Gasteiger partial charge in [0.15, 0.2) is 0 Å². The van der Waals surface area contributed by atoms with Gasteiger partial charge in [-0.2, -0.15) is 5.10 Å². The van der Waals surface area contributed by atoms with Crippen LogP contribution in [0.25, 0.3) is 0 Å². The summed E-state index contributed by atoms with van der Waals surface area (Å²) in [6.45, 7) is 2.16. The van der Waals surface area contributed by atoms with Gasteiger partial charge in [0.05, 0.1) is 5.69 Å². The summed E-state index contributed by atoms with van der Waals surface area (Å²) in [5, 5.41) is 14.4. The van der Waals surface area contributed by atoms with Gasteiger partial charge < -0.3 is 5.11 Å². The van der Waals surface area contributed by atoms with Gasteiger partial charge in [-0.05, 0) is 23.6 Å². The molecular weight excluding hydrogens is 212 g/mol. The fourth-order valence-electron chi connectivity index (χ4n) is 2.03. The van der Waals surface area contributed by atoms with Crippen molar-refractivity contribution in [1.29, 1.82) is 0 Å². The molecule has 1 atom stereocenters. The first-order valence-electron chi connectivity index (χ1n) is 5.97. The van der Waals surface area contributed by atoms with Crippen LogP contribution in [0.4, 0.5) is 0 Å². The predicted molar refractivity (Wildman–Crippen MR) is 67.7 cm³/mol. The van der Waals surface area contributed by atoms with Gasteiger partial charge in [0.2, 0.25) is 0 Å². The van der Waals surface area contributed by atoms with E-state index in [-0.39, 0.29) is 0 Å². The van der Waals surface area contributed by atoms with Crippen molar-refractivity contribution < 1.29 is 5.11 Å².